The zero-order chi connectivity index (χ0) is 11.5. The minimum atomic E-state index is -0.338. The highest BCUT2D eigenvalue weighted by Gasteiger charge is 2.03. The van der Waals surface area contributed by atoms with Crippen molar-refractivity contribution in [3.05, 3.63) is 52.9 Å². The molecule has 1 aromatic carbocycles. The zero-order valence-corrected chi connectivity index (χ0v) is 9.33. The first-order valence-electron chi connectivity index (χ1n) is 4.71. The van der Waals surface area contributed by atoms with E-state index in [1.165, 1.54) is 18.3 Å². The van der Waals surface area contributed by atoms with Gasteiger partial charge in [-0.05, 0) is 24.6 Å². The Balaban J connectivity index is 2.26. The number of hydrogen-bond acceptors (Lipinski definition) is 2. The second-order valence-electron chi connectivity index (χ2n) is 3.33. The van der Waals surface area contributed by atoms with Gasteiger partial charge in [0.15, 0.2) is 0 Å². The van der Waals surface area contributed by atoms with Gasteiger partial charge >= 0.3 is 0 Å². The topological polar surface area (TPSA) is 22.1 Å². The van der Waals surface area contributed by atoms with Crippen LogP contribution in [0.5, 0.6) is 11.6 Å². The minimum Gasteiger partial charge on any atom is -0.439 e. The van der Waals surface area contributed by atoms with Crippen molar-refractivity contribution in [1.29, 1.82) is 0 Å². The van der Waals surface area contributed by atoms with E-state index in [4.69, 9.17) is 16.3 Å². The lowest BCUT2D eigenvalue weighted by atomic mass is 10.2. The molecular weight excluding hydrogens is 229 g/mol. The first-order chi connectivity index (χ1) is 7.65. The van der Waals surface area contributed by atoms with Crippen LogP contribution in [0.15, 0.2) is 36.5 Å². The number of nitrogens with zero attached hydrogens (tertiary/aromatic N) is 1. The fourth-order valence-electron chi connectivity index (χ4n) is 1.22. The lowest BCUT2D eigenvalue weighted by Crippen LogP contribution is -1.90. The third-order valence-electron chi connectivity index (χ3n) is 2.06. The molecule has 0 aliphatic rings. The maximum atomic E-state index is 13.0. The number of hydrogen-bond donors (Lipinski definition) is 0. The Labute approximate surface area is 97.7 Å². The molecular formula is C12H9ClFNO. The molecule has 0 spiro atoms. The molecule has 0 fully saturated rings. The average Bonchev–Trinajstić information content (AvgIpc) is 2.27. The Morgan fingerprint density at radius 3 is 2.75 bits per heavy atom. The second kappa shape index (κ2) is 4.49. The lowest BCUT2D eigenvalue weighted by Gasteiger charge is -2.07. The number of aryl methyl sites for hydroxylation is 1. The highest BCUT2D eigenvalue weighted by atomic mass is 35.5. The molecule has 0 radical (unpaired) electrons. The molecule has 0 atom stereocenters. The van der Waals surface area contributed by atoms with Crippen LogP contribution in [0.4, 0.5) is 4.39 Å². The van der Waals surface area contributed by atoms with Crippen molar-refractivity contribution in [1.82, 2.24) is 4.98 Å². The molecule has 1 heterocycles. The molecule has 2 rings (SSSR count). The van der Waals surface area contributed by atoms with E-state index >= 15 is 0 Å². The minimum absolute atomic E-state index is 0.338. The third-order valence-corrected chi connectivity index (χ3v) is 2.29. The molecule has 2 nitrogen and oxygen atoms in total. The molecule has 82 valence electrons. The molecule has 0 bridgehead atoms. The summed E-state index contributed by atoms with van der Waals surface area (Å²) < 4.78 is 18.4. The van der Waals surface area contributed by atoms with Gasteiger partial charge in [-0.3, -0.25) is 0 Å². The van der Waals surface area contributed by atoms with E-state index in [2.05, 4.69) is 4.98 Å². The van der Waals surface area contributed by atoms with Crippen LogP contribution >= 0.6 is 11.6 Å². The van der Waals surface area contributed by atoms with Gasteiger partial charge in [0.1, 0.15) is 11.6 Å². The van der Waals surface area contributed by atoms with E-state index in [0.29, 0.717) is 16.7 Å². The number of halogens is 2. The summed E-state index contributed by atoms with van der Waals surface area (Å²) in [5, 5.41) is 0.531. The highest BCUT2D eigenvalue weighted by Crippen LogP contribution is 2.24. The summed E-state index contributed by atoms with van der Waals surface area (Å²) in [4.78, 5) is 3.97. The molecule has 0 aliphatic carbocycles. The van der Waals surface area contributed by atoms with Crippen LogP contribution in [-0.4, -0.2) is 4.98 Å². The first-order valence-corrected chi connectivity index (χ1v) is 5.08. The van der Waals surface area contributed by atoms with Crippen molar-refractivity contribution in [2.75, 3.05) is 0 Å². The van der Waals surface area contributed by atoms with Crippen LogP contribution in [0, 0.1) is 12.7 Å². The smallest absolute Gasteiger partial charge is 0.219 e. The summed E-state index contributed by atoms with van der Waals surface area (Å²) in [6.07, 6.45) is 1.48. The molecule has 0 N–H and O–H groups in total. The van der Waals surface area contributed by atoms with Crippen molar-refractivity contribution < 1.29 is 9.13 Å². The Bertz CT molecular complexity index is 499. The van der Waals surface area contributed by atoms with E-state index < -0.39 is 0 Å². The van der Waals surface area contributed by atoms with E-state index in [-0.39, 0.29) is 5.82 Å². The summed E-state index contributed by atoms with van der Waals surface area (Å²) in [6.45, 7) is 1.84. The van der Waals surface area contributed by atoms with Crippen LogP contribution < -0.4 is 4.74 Å². The fourth-order valence-corrected chi connectivity index (χ4v) is 1.33. The van der Waals surface area contributed by atoms with Gasteiger partial charge in [-0.1, -0.05) is 17.7 Å². The van der Waals surface area contributed by atoms with Crippen LogP contribution in [0.3, 0.4) is 0 Å². The number of rotatable bonds is 2. The molecule has 0 saturated carbocycles. The van der Waals surface area contributed by atoms with Crippen LogP contribution in [0.2, 0.25) is 5.02 Å². The Morgan fingerprint density at radius 2 is 2.06 bits per heavy atom. The quantitative estimate of drug-likeness (QED) is 0.788. The van der Waals surface area contributed by atoms with E-state index in [9.17, 15) is 4.39 Å². The number of benzene rings is 1. The Hall–Kier alpha value is -1.61. The van der Waals surface area contributed by atoms with Gasteiger partial charge in [0.2, 0.25) is 5.88 Å². The molecule has 16 heavy (non-hydrogen) atoms. The summed E-state index contributed by atoms with van der Waals surface area (Å²) in [6, 6.07) is 7.66. The third kappa shape index (κ3) is 2.49. The van der Waals surface area contributed by atoms with Crippen LogP contribution in [0.1, 0.15) is 5.56 Å². The molecule has 0 saturated heterocycles. The standard InChI is InChI=1S/C12H9ClFNO/c1-8-2-4-10(14)6-11(8)16-12-5-3-9(13)7-15-12/h2-7H,1H3. The maximum absolute atomic E-state index is 13.0. The summed E-state index contributed by atoms with van der Waals surface area (Å²) >= 11 is 5.69. The summed E-state index contributed by atoms with van der Waals surface area (Å²) in [7, 11) is 0. The normalized spacial score (nSPS) is 10.2. The van der Waals surface area contributed by atoms with Gasteiger partial charge in [0, 0.05) is 18.3 Å². The maximum Gasteiger partial charge on any atom is 0.219 e. The predicted octanol–water partition coefficient (Wildman–Crippen LogP) is 3.97. The van der Waals surface area contributed by atoms with E-state index in [0.717, 1.165) is 5.56 Å². The van der Waals surface area contributed by atoms with Crippen molar-refractivity contribution in [3.63, 3.8) is 0 Å². The molecule has 1 aromatic heterocycles. The Kier molecular flexibility index (Phi) is 3.06. The van der Waals surface area contributed by atoms with Gasteiger partial charge < -0.3 is 4.74 Å². The second-order valence-corrected chi connectivity index (χ2v) is 3.76. The largest absolute Gasteiger partial charge is 0.439 e. The average molecular weight is 238 g/mol. The van der Waals surface area contributed by atoms with Crippen LogP contribution in [-0.2, 0) is 0 Å². The van der Waals surface area contributed by atoms with Crippen molar-refractivity contribution in [2.24, 2.45) is 0 Å². The van der Waals surface area contributed by atoms with E-state index in [1.807, 2.05) is 6.92 Å². The van der Waals surface area contributed by atoms with Gasteiger partial charge in [-0.15, -0.1) is 0 Å². The summed E-state index contributed by atoms with van der Waals surface area (Å²) in [5.74, 6) is 0.502. The van der Waals surface area contributed by atoms with Crippen LogP contribution in [0.25, 0.3) is 0 Å². The van der Waals surface area contributed by atoms with Crippen molar-refractivity contribution in [3.8, 4) is 11.6 Å². The SMILES string of the molecule is Cc1ccc(F)cc1Oc1ccc(Cl)cn1. The monoisotopic (exact) mass is 237 g/mol. The molecule has 0 amide bonds. The van der Waals surface area contributed by atoms with Gasteiger partial charge in [0.25, 0.3) is 0 Å². The van der Waals surface area contributed by atoms with Gasteiger partial charge in [0.05, 0.1) is 5.02 Å². The number of ether oxygens (including phenoxy) is 1. The van der Waals surface area contributed by atoms with Gasteiger partial charge in [-0.25, -0.2) is 9.37 Å². The Morgan fingerprint density at radius 1 is 1.25 bits per heavy atom. The lowest BCUT2D eigenvalue weighted by molar-refractivity contribution is 0.454. The summed E-state index contributed by atoms with van der Waals surface area (Å²) in [5.41, 5.74) is 0.846. The van der Waals surface area contributed by atoms with Crippen molar-refractivity contribution in [2.45, 2.75) is 6.92 Å². The van der Waals surface area contributed by atoms with Crippen molar-refractivity contribution >= 4 is 11.6 Å². The number of aromatic nitrogens is 1. The highest BCUT2D eigenvalue weighted by molar-refractivity contribution is 6.30. The van der Waals surface area contributed by atoms with E-state index in [1.54, 1.807) is 18.2 Å². The number of pyridine rings is 1. The fraction of sp³-hybridized carbons (Fsp3) is 0.0833. The molecule has 2 aromatic rings. The predicted molar refractivity (Wildman–Crippen MR) is 60.5 cm³/mol. The zero-order valence-electron chi connectivity index (χ0n) is 8.58. The molecule has 0 aliphatic heterocycles. The first kappa shape index (κ1) is 10.9. The molecule has 0 unspecified atom stereocenters. The van der Waals surface area contributed by atoms with Gasteiger partial charge in [-0.2, -0.15) is 0 Å². The molecule has 4 heteroatoms.